The predicted molar refractivity (Wildman–Crippen MR) is 73.6 cm³/mol. The van der Waals surface area contributed by atoms with Crippen LogP contribution < -0.4 is 5.32 Å². The standard InChI is InChI=1S/C16H22FNO/c1-12-4-5-13(8-14(12)17)15-9-18-10-16(11-19-15)6-2-3-7-16/h4-5,8,15,18H,2-3,6-7,9-11H2,1H3. The molecule has 1 N–H and O–H groups in total. The van der Waals surface area contributed by atoms with Crippen LogP contribution in [-0.4, -0.2) is 19.7 Å². The van der Waals surface area contributed by atoms with Crippen LogP contribution in [0, 0.1) is 18.2 Å². The van der Waals surface area contributed by atoms with Gasteiger partial charge in [0, 0.05) is 18.5 Å². The molecular weight excluding hydrogens is 241 g/mol. The Kier molecular flexibility index (Phi) is 3.59. The molecule has 1 aliphatic carbocycles. The third-order valence-corrected chi connectivity index (χ3v) is 4.65. The van der Waals surface area contributed by atoms with E-state index in [2.05, 4.69) is 5.32 Å². The third kappa shape index (κ3) is 2.67. The minimum atomic E-state index is -0.138. The number of hydrogen-bond acceptors (Lipinski definition) is 2. The molecule has 1 aromatic rings. The second kappa shape index (κ2) is 5.22. The average molecular weight is 263 g/mol. The Balaban J connectivity index is 1.73. The molecule has 0 aromatic heterocycles. The number of nitrogens with one attached hydrogen (secondary N) is 1. The molecule has 2 fully saturated rings. The van der Waals surface area contributed by atoms with Crippen molar-refractivity contribution in [2.75, 3.05) is 19.7 Å². The molecule has 1 unspecified atom stereocenters. The lowest BCUT2D eigenvalue weighted by Crippen LogP contribution is -2.32. The number of aryl methyl sites for hydroxylation is 1. The second-order valence-corrected chi connectivity index (χ2v) is 6.15. The maximum Gasteiger partial charge on any atom is 0.126 e. The Labute approximate surface area is 114 Å². The monoisotopic (exact) mass is 263 g/mol. The van der Waals surface area contributed by atoms with Crippen molar-refractivity contribution < 1.29 is 9.13 Å². The summed E-state index contributed by atoms with van der Waals surface area (Å²) >= 11 is 0. The van der Waals surface area contributed by atoms with Crippen LogP contribution in [0.1, 0.15) is 42.9 Å². The van der Waals surface area contributed by atoms with Crippen molar-refractivity contribution in [2.45, 2.75) is 38.7 Å². The summed E-state index contributed by atoms with van der Waals surface area (Å²) < 4.78 is 19.7. The zero-order valence-corrected chi connectivity index (χ0v) is 11.5. The van der Waals surface area contributed by atoms with E-state index in [4.69, 9.17) is 4.74 Å². The van der Waals surface area contributed by atoms with Gasteiger partial charge in [-0.15, -0.1) is 0 Å². The predicted octanol–water partition coefficient (Wildman–Crippen LogP) is 3.36. The van der Waals surface area contributed by atoms with Crippen LogP contribution in [0.5, 0.6) is 0 Å². The molecule has 1 saturated carbocycles. The molecule has 1 aliphatic heterocycles. The molecule has 19 heavy (non-hydrogen) atoms. The molecule has 2 aliphatic rings. The fourth-order valence-corrected chi connectivity index (χ4v) is 3.33. The van der Waals surface area contributed by atoms with Crippen molar-refractivity contribution in [1.82, 2.24) is 5.32 Å². The Morgan fingerprint density at radius 2 is 2.11 bits per heavy atom. The molecular formula is C16H22FNO. The Morgan fingerprint density at radius 1 is 1.32 bits per heavy atom. The molecule has 104 valence electrons. The summed E-state index contributed by atoms with van der Waals surface area (Å²) in [5, 5.41) is 3.52. The summed E-state index contributed by atoms with van der Waals surface area (Å²) in [6, 6.07) is 5.44. The van der Waals surface area contributed by atoms with Gasteiger partial charge in [0.15, 0.2) is 0 Å². The Morgan fingerprint density at radius 3 is 2.84 bits per heavy atom. The number of halogens is 1. The lowest BCUT2D eigenvalue weighted by molar-refractivity contribution is 0.0157. The molecule has 1 heterocycles. The molecule has 0 amide bonds. The first-order valence-corrected chi connectivity index (χ1v) is 7.27. The highest BCUT2D eigenvalue weighted by molar-refractivity contribution is 5.25. The molecule has 1 atom stereocenters. The maximum atomic E-state index is 13.7. The Bertz CT molecular complexity index is 454. The SMILES string of the molecule is Cc1ccc(C2CNCC3(CCCC3)CO2)cc1F. The smallest absolute Gasteiger partial charge is 0.126 e. The summed E-state index contributed by atoms with van der Waals surface area (Å²) in [6.45, 7) is 4.42. The van der Waals surface area contributed by atoms with E-state index in [-0.39, 0.29) is 11.9 Å². The molecule has 1 aromatic carbocycles. The van der Waals surface area contributed by atoms with E-state index in [0.29, 0.717) is 11.0 Å². The van der Waals surface area contributed by atoms with E-state index in [0.717, 1.165) is 25.3 Å². The van der Waals surface area contributed by atoms with Crippen LogP contribution in [0.3, 0.4) is 0 Å². The highest BCUT2D eigenvalue weighted by Gasteiger charge is 2.36. The largest absolute Gasteiger partial charge is 0.372 e. The third-order valence-electron chi connectivity index (χ3n) is 4.65. The fourth-order valence-electron chi connectivity index (χ4n) is 3.33. The van der Waals surface area contributed by atoms with E-state index in [1.807, 2.05) is 12.1 Å². The van der Waals surface area contributed by atoms with Gasteiger partial charge >= 0.3 is 0 Å². The second-order valence-electron chi connectivity index (χ2n) is 6.15. The van der Waals surface area contributed by atoms with Gasteiger partial charge in [-0.2, -0.15) is 0 Å². The van der Waals surface area contributed by atoms with Gasteiger partial charge in [-0.25, -0.2) is 4.39 Å². The zero-order valence-electron chi connectivity index (χ0n) is 11.5. The normalized spacial score (nSPS) is 26.5. The van der Waals surface area contributed by atoms with Gasteiger partial charge in [-0.3, -0.25) is 0 Å². The minimum absolute atomic E-state index is 0.0184. The minimum Gasteiger partial charge on any atom is -0.372 e. The van der Waals surface area contributed by atoms with Gasteiger partial charge in [0.1, 0.15) is 5.82 Å². The first-order chi connectivity index (χ1) is 9.19. The van der Waals surface area contributed by atoms with Crippen LogP contribution in [-0.2, 0) is 4.74 Å². The first-order valence-electron chi connectivity index (χ1n) is 7.27. The molecule has 3 rings (SSSR count). The summed E-state index contributed by atoms with van der Waals surface area (Å²) in [7, 11) is 0. The van der Waals surface area contributed by atoms with Crippen molar-refractivity contribution in [2.24, 2.45) is 5.41 Å². The van der Waals surface area contributed by atoms with Gasteiger partial charge in [0.2, 0.25) is 0 Å². The van der Waals surface area contributed by atoms with Gasteiger partial charge in [0.05, 0.1) is 12.7 Å². The van der Waals surface area contributed by atoms with Crippen LogP contribution >= 0.6 is 0 Å². The van der Waals surface area contributed by atoms with Crippen molar-refractivity contribution in [3.05, 3.63) is 35.1 Å². The van der Waals surface area contributed by atoms with E-state index in [1.165, 1.54) is 25.7 Å². The van der Waals surface area contributed by atoms with Gasteiger partial charge < -0.3 is 10.1 Å². The van der Waals surface area contributed by atoms with Crippen LogP contribution in [0.25, 0.3) is 0 Å². The van der Waals surface area contributed by atoms with Crippen LogP contribution in [0.15, 0.2) is 18.2 Å². The van der Waals surface area contributed by atoms with E-state index < -0.39 is 0 Å². The Hall–Kier alpha value is -0.930. The van der Waals surface area contributed by atoms with Crippen molar-refractivity contribution in [1.29, 1.82) is 0 Å². The van der Waals surface area contributed by atoms with Crippen molar-refractivity contribution in [3.63, 3.8) is 0 Å². The zero-order chi connectivity index (χ0) is 13.3. The summed E-state index contributed by atoms with van der Waals surface area (Å²) in [4.78, 5) is 0. The molecule has 1 spiro atoms. The van der Waals surface area contributed by atoms with Crippen LogP contribution in [0.2, 0.25) is 0 Å². The summed E-state index contributed by atoms with van der Waals surface area (Å²) in [6.07, 6.45) is 5.13. The molecule has 3 heteroatoms. The topological polar surface area (TPSA) is 21.3 Å². The molecule has 0 radical (unpaired) electrons. The fraction of sp³-hybridized carbons (Fsp3) is 0.625. The van der Waals surface area contributed by atoms with Gasteiger partial charge in [-0.05, 0) is 37.0 Å². The average Bonchev–Trinajstić information content (AvgIpc) is 2.75. The molecule has 0 bridgehead atoms. The number of rotatable bonds is 1. The van der Waals surface area contributed by atoms with Gasteiger partial charge in [-0.1, -0.05) is 25.0 Å². The van der Waals surface area contributed by atoms with E-state index >= 15 is 0 Å². The van der Waals surface area contributed by atoms with Crippen molar-refractivity contribution >= 4 is 0 Å². The lowest BCUT2D eigenvalue weighted by atomic mass is 9.87. The molecule has 1 saturated heterocycles. The molecule has 2 nitrogen and oxygen atoms in total. The maximum absolute atomic E-state index is 13.7. The van der Waals surface area contributed by atoms with Crippen molar-refractivity contribution in [3.8, 4) is 0 Å². The number of ether oxygens (including phenoxy) is 1. The number of benzene rings is 1. The van der Waals surface area contributed by atoms with Crippen LogP contribution in [0.4, 0.5) is 4.39 Å². The first kappa shape index (κ1) is 13.1. The number of hydrogen-bond donors (Lipinski definition) is 1. The summed E-state index contributed by atoms with van der Waals surface area (Å²) in [5.74, 6) is -0.138. The quantitative estimate of drug-likeness (QED) is 0.839. The van der Waals surface area contributed by atoms with Gasteiger partial charge in [0.25, 0.3) is 0 Å². The van der Waals surface area contributed by atoms with E-state index in [9.17, 15) is 4.39 Å². The highest BCUT2D eigenvalue weighted by Crippen LogP contribution is 2.40. The lowest BCUT2D eigenvalue weighted by Gasteiger charge is -2.26. The highest BCUT2D eigenvalue weighted by atomic mass is 19.1. The summed E-state index contributed by atoms with van der Waals surface area (Å²) in [5.41, 5.74) is 1.97. The van der Waals surface area contributed by atoms with E-state index in [1.54, 1.807) is 13.0 Å².